The van der Waals surface area contributed by atoms with E-state index in [4.69, 9.17) is 11.6 Å². The van der Waals surface area contributed by atoms with Gasteiger partial charge in [0, 0.05) is 21.7 Å². The first-order valence-electron chi connectivity index (χ1n) is 12.0. The van der Waals surface area contributed by atoms with Crippen LogP contribution in [0, 0.1) is 23.7 Å². The quantitative estimate of drug-likeness (QED) is 0.390. The zero-order chi connectivity index (χ0) is 24.3. The molecule has 35 heavy (non-hydrogen) atoms. The number of carboxylic acids is 1. The second-order valence-electron chi connectivity index (χ2n) is 10.2. The van der Waals surface area contributed by atoms with Crippen LogP contribution >= 0.6 is 22.9 Å². The van der Waals surface area contributed by atoms with E-state index in [9.17, 15) is 19.5 Å². The Morgan fingerprint density at radius 1 is 0.914 bits per heavy atom. The number of aromatic carboxylic acids is 1. The number of benzene rings is 2. The zero-order valence-electron chi connectivity index (χ0n) is 18.9. The highest BCUT2D eigenvalue weighted by molar-refractivity contribution is 7.21. The fourth-order valence-corrected chi connectivity index (χ4v) is 8.12. The van der Waals surface area contributed by atoms with E-state index < -0.39 is 11.9 Å². The Bertz CT molecular complexity index is 1340. The van der Waals surface area contributed by atoms with Gasteiger partial charge in [0.1, 0.15) is 4.88 Å². The van der Waals surface area contributed by atoms with Crippen LogP contribution in [0.2, 0.25) is 5.02 Å². The van der Waals surface area contributed by atoms with Crippen LogP contribution in [0.15, 0.2) is 42.5 Å². The molecule has 0 atom stereocenters. The van der Waals surface area contributed by atoms with Crippen molar-refractivity contribution in [1.29, 1.82) is 0 Å². The largest absolute Gasteiger partial charge is 0.478 e. The SMILES string of the molecule is O=C(NC1C2CC3CC(C2)CC1C3)c1ccc(C(=O)O)c(NC(=O)c2sc3ccccc3c2Cl)c1. The molecule has 0 aliphatic heterocycles. The molecule has 0 radical (unpaired) electrons. The molecule has 180 valence electrons. The van der Waals surface area contributed by atoms with Gasteiger partial charge in [-0.15, -0.1) is 11.3 Å². The van der Waals surface area contributed by atoms with Gasteiger partial charge in [0.15, 0.2) is 0 Å². The molecule has 3 aromatic rings. The molecule has 4 aliphatic rings. The third-order valence-corrected chi connectivity index (χ3v) is 9.70. The van der Waals surface area contributed by atoms with Crippen molar-refractivity contribution in [3.63, 3.8) is 0 Å². The van der Waals surface area contributed by atoms with Gasteiger partial charge in [0.25, 0.3) is 11.8 Å². The number of nitrogens with one attached hydrogen (secondary N) is 2. The van der Waals surface area contributed by atoms with E-state index in [1.165, 1.54) is 61.6 Å². The van der Waals surface area contributed by atoms with Crippen LogP contribution in [0.4, 0.5) is 5.69 Å². The van der Waals surface area contributed by atoms with E-state index in [1.54, 1.807) is 0 Å². The number of carboxylic acid groups (broad SMARTS) is 1. The third kappa shape index (κ3) is 4.00. The van der Waals surface area contributed by atoms with E-state index in [2.05, 4.69) is 10.6 Å². The molecule has 4 fully saturated rings. The Hall–Kier alpha value is -2.90. The summed E-state index contributed by atoms with van der Waals surface area (Å²) < 4.78 is 0.866. The molecule has 1 heterocycles. The fraction of sp³-hybridized carbons (Fsp3) is 0.370. The van der Waals surface area contributed by atoms with Crippen molar-refractivity contribution < 1.29 is 19.5 Å². The molecule has 3 N–H and O–H groups in total. The first-order valence-corrected chi connectivity index (χ1v) is 13.2. The number of fused-ring (bicyclic) bond motifs is 1. The number of rotatable bonds is 5. The first-order chi connectivity index (χ1) is 16.9. The Morgan fingerprint density at radius 3 is 2.26 bits per heavy atom. The topological polar surface area (TPSA) is 95.5 Å². The molecule has 2 amide bonds. The van der Waals surface area contributed by atoms with Crippen LogP contribution in [-0.4, -0.2) is 28.9 Å². The maximum Gasteiger partial charge on any atom is 0.337 e. The standard InChI is InChI=1S/C27H25ClN2O4S/c28-22-19-3-1-2-4-21(19)35-24(22)26(32)29-20-12-15(5-6-18(20)27(33)34)25(31)30-23-16-8-13-7-14(10-16)11-17(23)9-13/h1-6,12-14,16-17,23H,7-11H2,(H,29,32)(H,30,31)(H,33,34). The number of hydrogen-bond donors (Lipinski definition) is 3. The molecule has 7 rings (SSSR count). The summed E-state index contributed by atoms with van der Waals surface area (Å²) in [7, 11) is 0. The van der Waals surface area contributed by atoms with Crippen molar-refractivity contribution in [3.8, 4) is 0 Å². The van der Waals surface area contributed by atoms with Crippen molar-refractivity contribution in [3.05, 3.63) is 63.5 Å². The number of carbonyl (C=O) groups is 3. The van der Waals surface area contributed by atoms with Crippen molar-refractivity contribution in [2.45, 2.75) is 38.1 Å². The average molecular weight is 509 g/mol. The van der Waals surface area contributed by atoms with Gasteiger partial charge in [-0.05, 0) is 80.0 Å². The number of halogens is 1. The minimum atomic E-state index is -1.18. The van der Waals surface area contributed by atoms with Gasteiger partial charge in [-0.3, -0.25) is 9.59 Å². The second kappa shape index (κ2) is 8.64. The van der Waals surface area contributed by atoms with E-state index >= 15 is 0 Å². The van der Waals surface area contributed by atoms with Crippen LogP contribution in [0.1, 0.15) is 62.5 Å². The first kappa shape index (κ1) is 22.6. The maximum absolute atomic E-state index is 13.2. The van der Waals surface area contributed by atoms with Gasteiger partial charge in [0.05, 0.1) is 16.3 Å². The van der Waals surface area contributed by atoms with E-state index in [1.807, 2.05) is 24.3 Å². The van der Waals surface area contributed by atoms with Gasteiger partial charge in [0.2, 0.25) is 0 Å². The summed E-state index contributed by atoms with van der Waals surface area (Å²) in [5.74, 6) is 0.763. The van der Waals surface area contributed by atoms with E-state index in [-0.39, 0.29) is 23.2 Å². The monoisotopic (exact) mass is 508 g/mol. The number of anilines is 1. The highest BCUT2D eigenvalue weighted by Crippen LogP contribution is 2.53. The van der Waals surface area contributed by atoms with Crippen molar-refractivity contribution in [2.24, 2.45) is 23.7 Å². The average Bonchev–Trinajstić information content (AvgIpc) is 3.17. The molecule has 4 saturated carbocycles. The second-order valence-corrected chi connectivity index (χ2v) is 11.6. The minimum absolute atomic E-state index is 0.0776. The van der Waals surface area contributed by atoms with Crippen molar-refractivity contribution in [2.75, 3.05) is 5.32 Å². The number of thiophene rings is 1. The lowest BCUT2D eigenvalue weighted by Gasteiger charge is -2.54. The highest BCUT2D eigenvalue weighted by atomic mass is 35.5. The Balaban J connectivity index is 1.25. The predicted molar refractivity (Wildman–Crippen MR) is 136 cm³/mol. The lowest BCUT2D eigenvalue weighted by atomic mass is 9.54. The molecule has 0 unspecified atom stereocenters. The van der Waals surface area contributed by atoms with E-state index in [0.717, 1.165) is 21.9 Å². The summed E-state index contributed by atoms with van der Waals surface area (Å²) in [6.07, 6.45) is 6.09. The number of amides is 2. The zero-order valence-corrected chi connectivity index (χ0v) is 20.5. The highest BCUT2D eigenvalue weighted by Gasteiger charge is 2.48. The molecule has 1 aromatic heterocycles. The molecule has 8 heteroatoms. The molecular weight excluding hydrogens is 484 g/mol. The molecule has 0 saturated heterocycles. The van der Waals surface area contributed by atoms with Gasteiger partial charge in [-0.1, -0.05) is 29.8 Å². The van der Waals surface area contributed by atoms with E-state index in [0.29, 0.717) is 27.3 Å². The van der Waals surface area contributed by atoms with Gasteiger partial charge in [-0.25, -0.2) is 4.79 Å². The number of hydrogen-bond acceptors (Lipinski definition) is 4. The van der Waals surface area contributed by atoms with Crippen molar-refractivity contribution >= 4 is 56.5 Å². The molecule has 2 aromatic carbocycles. The van der Waals surface area contributed by atoms with Crippen LogP contribution < -0.4 is 10.6 Å². The van der Waals surface area contributed by atoms with Gasteiger partial charge >= 0.3 is 5.97 Å². The summed E-state index contributed by atoms with van der Waals surface area (Å²) in [6, 6.07) is 11.9. The van der Waals surface area contributed by atoms with Crippen molar-refractivity contribution in [1.82, 2.24) is 5.32 Å². The molecule has 4 bridgehead atoms. The minimum Gasteiger partial charge on any atom is -0.478 e. The fourth-order valence-electron chi connectivity index (χ4n) is 6.71. The van der Waals surface area contributed by atoms with Crippen LogP contribution in [0.25, 0.3) is 10.1 Å². The smallest absolute Gasteiger partial charge is 0.337 e. The third-order valence-electron chi connectivity index (χ3n) is 8.03. The lowest BCUT2D eigenvalue weighted by molar-refractivity contribution is -0.0119. The summed E-state index contributed by atoms with van der Waals surface area (Å²) in [5.41, 5.74) is 0.331. The lowest BCUT2D eigenvalue weighted by Crippen LogP contribution is -2.55. The van der Waals surface area contributed by atoms with Crippen LogP contribution in [0.3, 0.4) is 0 Å². The van der Waals surface area contributed by atoms with Gasteiger partial charge in [-0.2, -0.15) is 0 Å². The summed E-state index contributed by atoms with van der Waals surface area (Å²) >= 11 is 7.68. The normalized spacial score (nSPS) is 26.6. The molecule has 0 spiro atoms. The summed E-state index contributed by atoms with van der Waals surface area (Å²) in [5, 5.41) is 16.7. The molecular formula is C27H25ClN2O4S. The Labute approximate surface area is 211 Å². The van der Waals surface area contributed by atoms with Gasteiger partial charge < -0.3 is 15.7 Å². The predicted octanol–water partition coefficient (Wildman–Crippen LogP) is 6.06. The molecule has 6 nitrogen and oxygen atoms in total. The maximum atomic E-state index is 13.2. The van der Waals surface area contributed by atoms with Crippen LogP contribution in [-0.2, 0) is 0 Å². The summed E-state index contributed by atoms with van der Waals surface area (Å²) in [6.45, 7) is 0. The van der Waals surface area contributed by atoms with Crippen LogP contribution in [0.5, 0.6) is 0 Å². The molecule has 4 aliphatic carbocycles. The Kier molecular flexibility index (Phi) is 5.57. The Morgan fingerprint density at radius 2 is 1.60 bits per heavy atom. The number of carbonyl (C=O) groups excluding carboxylic acids is 2. The summed E-state index contributed by atoms with van der Waals surface area (Å²) in [4.78, 5) is 38.4.